The number of hydrogen-bond acceptors (Lipinski definition) is 2. The number of pyridine rings is 1. The average molecular weight is 266 g/mol. The van der Waals surface area contributed by atoms with Gasteiger partial charge in [0.2, 0.25) is 0 Å². The second kappa shape index (κ2) is 6.35. The molecule has 0 saturated carbocycles. The summed E-state index contributed by atoms with van der Waals surface area (Å²) < 4.78 is 0.867. The number of halogens is 2. The Balaban J connectivity index is 0.00000144. The molecule has 0 aromatic carbocycles. The Morgan fingerprint density at radius 3 is 2.85 bits per heavy atom. The van der Waals surface area contributed by atoms with E-state index in [1.165, 1.54) is 0 Å². The van der Waals surface area contributed by atoms with Crippen LogP contribution in [0.4, 0.5) is 0 Å². The minimum absolute atomic E-state index is 0. The van der Waals surface area contributed by atoms with Crippen LogP contribution >= 0.6 is 28.3 Å². The molecule has 1 aromatic heterocycles. The van der Waals surface area contributed by atoms with Crippen LogP contribution in [-0.4, -0.2) is 4.98 Å². The highest BCUT2D eigenvalue weighted by Gasteiger charge is 2.07. The molecule has 0 radical (unpaired) electrons. The van der Waals surface area contributed by atoms with Crippen LogP contribution in [-0.2, 0) is 0 Å². The molecule has 1 aromatic rings. The Morgan fingerprint density at radius 2 is 2.31 bits per heavy atom. The van der Waals surface area contributed by atoms with Crippen LogP contribution in [0.3, 0.4) is 0 Å². The number of hydrogen-bond donors (Lipinski definition) is 1. The molecule has 2 N–H and O–H groups in total. The lowest BCUT2D eigenvalue weighted by molar-refractivity contribution is 0.633. The molecule has 0 bridgehead atoms. The molecule has 0 amide bonds. The summed E-state index contributed by atoms with van der Waals surface area (Å²) in [5.74, 6) is 0. The van der Waals surface area contributed by atoms with E-state index in [9.17, 15) is 0 Å². The van der Waals surface area contributed by atoms with Gasteiger partial charge >= 0.3 is 0 Å². The van der Waals surface area contributed by atoms with Crippen molar-refractivity contribution in [1.29, 1.82) is 0 Å². The van der Waals surface area contributed by atoms with Gasteiger partial charge in [-0.05, 0) is 28.4 Å². The molecule has 0 fully saturated rings. The van der Waals surface area contributed by atoms with Gasteiger partial charge < -0.3 is 5.73 Å². The van der Waals surface area contributed by atoms with Gasteiger partial charge in [-0.15, -0.1) is 12.4 Å². The van der Waals surface area contributed by atoms with E-state index in [1.54, 1.807) is 6.20 Å². The Labute approximate surface area is 93.5 Å². The third-order valence-electron chi connectivity index (χ3n) is 1.79. The van der Waals surface area contributed by atoms with Crippen molar-refractivity contribution in [3.63, 3.8) is 0 Å². The third-order valence-corrected chi connectivity index (χ3v) is 2.45. The Bertz CT molecular complexity index is 255. The second-order valence-electron chi connectivity index (χ2n) is 2.78. The SMILES string of the molecule is CCC[C@H](N)c1cccnc1Br.Cl. The Kier molecular flexibility index (Phi) is 6.29. The highest BCUT2D eigenvalue weighted by Crippen LogP contribution is 2.21. The van der Waals surface area contributed by atoms with Gasteiger partial charge in [-0.25, -0.2) is 4.98 Å². The standard InChI is InChI=1S/C9H13BrN2.ClH/c1-2-4-8(11)7-5-3-6-12-9(7)10;/h3,5-6,8H,2,4,11H2,1H3;1H/t8-;/m0./s1. The van der Waals surface area contributed by atoms with Crippen molar-refractivity contribution in [3.05, 3.63) is 28.5 Å². The molecule has 0 unspecified atom stereocenters. The normalized spacial score (nSPS) is 11.9. The molecule has 13 heavy (non-hydrogen) atoms. The van der Waals surface area contributed by atoms with Crippen molar-refractivity contribution in [2.45, 2.75) is 25.8 Å². The summed E-state index contributed by atoms with van der Waals surface area (Å²) in [5, 5.41) is 0. The maximum atomic E-state index is 5.94. The van der Waals surface area contributed by atoms with Gasteiger partial charge in [0.25, 0.3) is 0 Å². The molecule has 1 rings (SSSR count). The summed E-state index contributed by atoms with van der Waals surface area (Å²) >= 11 is 3.38. The summed E-state index contributed by atoms with van der Waals surface area (Å²) in [5.41, 5.74) is 7.03. The number of rotatable bonds is 3. The quantitative estimate of drug-likeness (QED) is 0.853. The van der Waals surface area contributed by atoms with E-state index >= 15 is 0 Å². The maximum Gasteiger partial charge on any atom is 0.110 e. The molecule has 1 heterocycles. The zero-order valence-electron chi connectivity index (χ0n) is 7.53. The minimum atomic E-state index is 0. The van der Waals surface area contributed by atoms with Gasteiger partial charge in [-0.2, -0.15) is 0 Å². The van der Waals surface area contributed by atoms with Crippen molar-refractivity contribution < 1.29 is 0 Å². The molecular weight excluding hydrogens is 251 g/mol. The topological polar surface area (TPSA) is 38.9 Å². The first-order chi connectivity index (χ1) is 5.75. The first-order valence-electron chi connectivity index (χ1n) is 4.11. The van der Waals surface area contributed by atoms with Gasteiger partial charge in [-0.1, -0.05) is 19.4 Å². The fourth-order valence-electron chi connectivity index (χ4n) is 1.14. The second-order valence-corrected chi connectivity index (χ2v) is 3.53. The predicted molar refractivity (Wildman–Crippen MR) is 61.0 cm³/mol. The number of nitrogens with zero attached hydrogens (tertiary/aromatic N) is 1. The van der Waals surface area contributed by atoms with E-state index in [4.69, 9.17) is 5.73 Å². The van der Waals surface area contributed by atoms with E-state index in [-0.39, 0.29) is 18.4 Å². The van der Waals surface area contributed by atoms with E-state index < -0.39 is 0 Å². The number of nitrogens with two attached hydrogens (primary N) is 1. The smallest absolute Gasteiger partial charge is 0.110 e. The van der Waals surface area contributed by atoms with Crippen molar-refractivity contribution in [3.8, 4) is 0 Å². The van der Waals surface area contributed by atoms with Gasteiger partial charge in [0, 0.05) is 17.8 Å². The summed E-state index contributed by atoms with van der Waals surface area (Å²) in [6.07, 6.45) is 3.86. The largest absolute Gasteiger partial charge is 0.324 e. The lowest BCUT2D eigenvalue weighted by atomic mass is 10.1. The Morgan fingerprint density at radius 1 is 1.62 bits per heavy atom. The molecule has 0 saturated heterocycles. The van der Waals surface area contributed by atoms with Crippen LogP contribution in [0, 0.1) is 0 Å². The van der Waals surface area contributed by atoms with E-state index in [0.717, 1.165) is 23.0 Å². The van der Waals surface area contributed by atoms with E-state index in [2.05, 4.69) is 27.8 Å². The highest BCUT2D eigenvalue weighted by molar-refractivity contribution is 9.10. The van der Waals surface area contributed by atoms with E-state index in [0.29, 0.717) is 0 Å². The molecule has 0 aliphatic rings. The van der Waals surface area contributed by atoms with Crippen LogP contribution < -0.4 is 5.73 Å². The van der Waals surface area contributed by atoms with Gasteiger partial charge in [-0.3, -0.25) is 0 Å². The van der Waals surface area contributed by atoms with Crippen molar-refractivity contribution in [2.75, 3.05) is 0 Å². The summed E-state index contributed by atoms with van der Waals surface area (Å²) in [6.45, 7) is 2.13. The average Bonchev–Trinajstić information content (AvgIpc) is 2.05. The van der Waals surface area contributed by atoms with Crippen LogP contribution in [0.5, 0.6) is 0 Å². The van der Waals surface area contributed by atoms with Crippen molar-refractivity contribution in [2.24, 2.45) is 5.73 Å². The predicted octanol–water partition coefficient (Wildman–Crippen LogP) is 3.07. The first-order valence-corrected chi connectivity index (χ1v) is 4.91. The van der Waals surface area contributed by atoms with Crippen molar-refractivity contribution in [1.82, 2.24) is 4.98 Å². The van der Waals surface area contributed by atoms with Crippen LogP contribution in [0.2, 0.25) is 0 Å². The third kappa shape index (κ3) is 3.63. The molecule has 0 aliphatic heterocycles. The highest BCUT2D eigenvalue weighted by atomic mass is 79.9. The summed E-state index contributed by atoms with van der Waals surface area (Å²) in [6, 6.07) is 4.03. The molecule has 1 atom stereocenters. The summed E-state index contributed by atoms with van der Waals surface area (Å²) in [7, 11) is 0. The zero-order valence-corrected chi connectivity index (χ0v) is 9.94. The fourth-order valence-corrected chi connectivity index (χ4v) is 1.69. The molecular formula is C9H14BrClN2. The lowest BCUT2D eigenvalue weighted by Gasteiger charge is -2.11. The number of aromatic nitrogens is 1. The first kappa shape index (κ1) is 12.9. The summed E-state index contributed by atoms with van der Waals surface area (Å²) in [4.78, 5) is 4.12. The zero-order chi connectivity index (χ0) is 8.97. The van der Waals surface area contributed by atoms with Gasteiger partial charge in [0.15, 0.2) is 0 Å². The van der Waals surface area contributed by atoms with Crippen LogP contribution in [0.25, 0.3) is 0 Å². The molecule has 0 aliphatic carbocycles. The fraction of sp³-hybridized carbons (Fsp3) is 0.444. The van der Waals surface area contributed by atoms with Crippen molar-refractivity contribution >= 4 is 28.3 Å². The van der Waals surface area contributed by atoms with Gasteiger partial charge in [0.05, 0.1) is 0 Å². The molecule has 4 heteroatoms. The monoisotopic (exact) mass is 264 g/mol. The van der Waals surface area contributed by atoms with Crippen LogP contribution in [0.15, 0.2) is 22.9 Å². The Hall–Kier alpha value is -0.120. The lowest BCUT2D eigenvalue weighted by Crippen LogP contribution is -2.10. The maximum absolute atomic E-state index is 5.94. The molecule has 74 valence electrons. The van der Waals surface area contributed by atoms with Crippen LogP contribution in [0.1, 0.15) is 31.4 Å². The molecule has 0 spiro atoms. The minimum Gasteiger partial charge on any atom is -0.324 e. The van der Waals surface area contributed by atoms with E-state index in [1.807, 2.05) is 12.1 Å². The molecule has 2 nitrogen and oxygen atoms in total. The van der Waals surface area contributed by atoms with Gasteiger partial charge in [0.1, 0.15) is 4.60 Å².